The van der Waals surface area contributed by atoms with Crippen LogP contribution in [0.2, 0.25) is 0 Å². The molecule has 0 atom stereocenters. The van der Waals surface area contributed by atoms with E-state index in [0.29, 0.717) is 5.56 Å². The molecule has 15 heavy (non-hydrogen) atoms. The molecule has 0 N–H and O–H groups in total. The van der Waals surface area contributed by atoms with Gasteiger partial charge in [-0.25, -0.2) is 9.18 Å². The van der Waals surface area contributed by atoms with Gasteiger partial charge in [0.25, 0.3) is 0 Å². The van der Waals surface area contributed by atoms with E-state index in [2.05, 4.69) is 25.5 Å². The number of hydrogen-bond acceptors (Lipinski definition) is 2. The first kappa shape index (κ1) is 11.7. The molecular formula is C12H15FO2. The second-order valence-electron chi connectivity index (χ2n) is 4.37. The summed E-state index contributed by atoms with van der Waals surface area (Å²) in [6.07, 6.45) is 0. The van der Waals surface area contributed by atoms with Gasteiger partial charge in [-0.05, 0) is 23.1 Å². The Kier molecular flexibility index (Phi) is 3.45. The maximum Gasteiger partial charge on any atom is 0.340 e. The summed E-state index contributed by atoms with van der Waals surface area (Å²) >= 11 is 0. The normalized spacial score (nSPS) is 11.2. The molecule has 0 bridgehead atoms. The third-order valence-electron chi connectivity index (χ3n) is 2.17. The third kappa shape index (κ3) is 3.05. The Balaban J connectivity index is 2.86. The van der Waals surface area contributed by atoms with Crippen molar-refractivity contribution in [2.75, 3.05) is 6.86 Å². The summed E-state index contributed by atoms with van der Waals surface area (Å²) in [6.45, 7) is 5.17. The molecule has 0 aliphatic carbocycles. The molecule has 0 amide bonds. The minimum atomic E-state index is -1.08. The van der Waals surface area contributed by atoms with Gasteiger partial charge in [-0.3, -0.25) is 0 Å². The molecule has 1 aromatic carbocycles. The van der Waals surface area contributed by atoms with Crippen molar-refractivity contribution in [3.63, 3.8) is 0 Å². The molecule has 2 nitrogen and oxygen atoms in total. The summed E-state index contributed by atoms with van der Waals surface area (Å²) in [5.74, 6) is -0.627. The molecule has 1 aromatic rings. The summed E-state index contributed by atoms with van der Waals surface area (Å²) in [7, 11) is 0. The third-order valence-corrected chi connectivity index (χ3v) is 2.17. The monoisotopic (exact) mass is 210 g/mol. The highest BCUT2D eigenvalue weighted by Crippen LogP contribution is 2.22. The molecule has 3 heteroatoms. The Bertz CT molecular complexity index is 336. The van der Waals surface area contributed by atoms with Crippen molar-refractivity contribution in [1.82, 2.24) is 0 Å². The maximum atomic E-state index is 11.8. The molecule has 0 spiro atoms. The molecule has 82 valence electrons. The topological polar surface area (TPSA) is 26.3 Å². The van der Waals surface area contributed by atoms with E-state index in [9.17, 15) is 9.18 Å². The molecule has 0 fully saturated rings. The van der Waals surface area contributed by atoms with Gasteiger partial charge in [0.05, 0.1) is 5.56 Å². The summed E-state index contributed by atoms with van der Waals surface area (Å²) in [4.78, 5) is 11.1. The minimum Gasteiger partial charge on any atom is -0.430 e. The van der Waals surface area contributed by atoms with E-state index in [-0.39, 0.29) is 5.41 Å². The number of esters is 1. The van der Waals surface area contributed by atoms with Crippen molar-refractivity contribution >= 4 is 5.97 Å². The van der Waals surface area contributed by atoms with Gasteiger partial charge < -0.3 is 4.74 Å². The smallest absolute Gasteiger partial charge is 0.340 e. The van der Waals surface area contributed by atoms with Gasteiger partial charge in [0.15, 0.2) is 0 Å². The zero-order chi connectivity index (χ0) is 11.5. The van der Waals surface area contributed by atoms with Crippen LogP contribution in [0, 0.1) is 0 Å². The van der Waals surface area contributed by atoms with E-state index in [4.69, 9.17) is 0 Å². The van der Waals surface area contributed by atoms with Gasteiger partial charge in [-0.2, -0.15) is 0 Å². The highest BCUT2D eigenvalue weighted by atomic mass is 19.1. The van der Waals surface area contributed by atoms with Crippen LogP contribution in [-0.4, -0.2) is 12.8 Å². The average Bonchev–Trinajstić information content (AvgIpc) is 2.17. The quantitative estimate of drug-likeness (QED) is 0.701. The molecule has 0 aliphatic rings. The Morgan fingerprint density at radius 2 is 1.80 bits per heavy atom. The number of ether oxygens (including phenoxy) is 1. The largest absolute Gasteiger partial charge is 0.430 e. The van der Waals surface area contributed by atoms with Crippen molar-refractivity contribution in [1.29, 1.82) is 0 Å². The van der Waals surface area contributed by atoms with Crippen molar-refractivity contribution in [2.45, 2.75) is 26.2 Å². The molecule has 0 radical (unpaired) electrons. The van der Waals surface area contributed by atoms with E-state index in [0.717, 1.165) is 5.56 Å². The fourth-order valence-corrected chi connectivity index (χ4v) is 1.24. The van der Waals surface area contributed by atoms with Crippen LogP contribution in [0.5, 0.6) is 0 Å². The van der Waals surface area contributed by atoms with Crippen LogP contribution >= 0.6 is 0 Å². The molecule has 1 rings (SSSR count). The lowest BCUT2D eigenvalue weighted by molar-refractivity contribution is 0.0324. The van der Waals surface area contributed by atoms with Crippen LogP contribution in [-0.2, 0) is 10.2 Å². The van der Waals surface area contributed by atoms with Crippen molar-refractivity contribution in [2.24, 2.45) is 0 Å². The lowest BCUT2D eigenvalue weighted by atomic mass is 9.87. The standard InChI is InChI=1S/C12H15FO2/c1-12(2,3)10-6-4-9(5-7-10)11(14)15-8-13/h4-7H,8H2,1-3H3. The number of rotatable bonds is 2. The van der Waals surface area contributed by atoms with E-state index in [1.54, 1.807) is 12.1 Å². The summed E-state index contributed by atoms with van der Waals surface area (Å²) in [5.41, 5.74) is 1.54. The number of halogens is 1. The van der Waals surface area contributed by atoms with E-state index in [1.165, 1.54) is 0 Å². The van der Waals surface area contributed by atoms with Crippen LogP contribution in [0.3, 0.4) is 0 Å². The summed E-state index contributed by atoms with van der Waals surface area (Å²) in [5, 5.41) is 0. The van der Waals surface area contributed by atoms with Gasteiger partial charge in [-0.15, -0.1) is 0 Å². The predicted octanol–water partition coefficient (Wildman–Crippen LogP) is 3.07. The Labute approximate surface area is 89.1 Å². The van der Waals surface area contributed by atoms with Gasteiger partial charge in [0.1, 0.15) is 0 Å². The molecular weight excluding hydrogens is 195 g/mol. The van der Waals surface area contributed by atoms with Gasteiger partial charge >= 0.3 is 5.97 Å². The van der Waals surface area contributed by atoms with Crippen molar-refractivity contribution < 1.29 is 13.9 Å². The second kappa shape index (κ2) is 4.43. The van der Waals surface area contributed by atoms with Gasteiger partial charge in [0.2, 0.25) is 6.86 Å². The molecule has 0 aromatic heterocycles. The maximum absolute atomic E-state index is 11.8. The second-order valence-corrected chi connectivity index (χ2v) is 4.37. The first-order valence-corrected chi connectivity index (χ1v) is 4.79. The zero-order valence-electron chi connectivity index (χ0n) is 9.21. The number of carbonyl (C=O) groups excluding carboxylic acids is 1. The highest BCUT2D eigenvalue weighted by Gasteiger charge is 2.14. The molecule has 0 saturated carbocycles. The summed E-state index contributed by atoms with van der Waals surface area (Å²) < 4.78 is 16.0. The van der Waals surface area contributed by atoms with E-state index in [1.807, 2.05) is 12.1 Å². The first-order valence-electron chi connectivity index (χ1n) is 4.79. The lowest BCUT2D eigenvalue weighted by Gasteiger charge is -2.18. The van der Waals surface area contributed by atoms with Crippen LogP contribution in [0.15, 0.2) is 24.3 Å². The Morgan fingerprint density at radius 1 is 1.27 bits per heavy atom. The van der Waals surface area contributed by atoms with Gasteiger partial charge in [0, 0.05) is 0 Å². The van der Waals surface area contributed by atoms with Crippen LogP contribution in [0.25, 0.3) is 0 Å². The van der Waals surface area contributed by atoms with Crippen molar-refractivity contribution in [3.8, 4) is 0 Å². The average molecular weight is 210 g/mol. The fraction of sp³-hybridized carbons (Fsp3) is 0.417. The number of carbonyl (C=O) groups is 1. The number of alkyl halides is 1. The molecule has 0 unspecified atom stereocenters. The zero-order valence-corrected chi connectivity index (χ0v) is 9.21. The SMILES string of the molecule is CC(C)(C)c1ccc(C(=O)OCF)cc1. The molecule has 0 heterocycles. The molecule has 0 saturated heterocycles. The van der Waals surface area contributed by atoms with E-state index < -0.39 is 12.8 Å². The lowest BCUT2D eigenvalue weighted by Crippen LogP contribution is -2.11. The Hall–Kier alpha value is -1.38. The van der Waals surface area contributed by atoms with Crippen LogP contribution in [0.4, 0.5) is 4.39 Å². The number of hydrogen-bond donors (Lipinski definition) is 0. The predicted molar refractivity (Wildman–Crippen MR) is 56.5 cm³/mol. The fourth-order valence-electron chi connectivity index (χ4n) is 1.24. The Morgan fingerprint density at radius 3 is 2.20 bits per heavy atom. The number of benzene rings is 1. The van der Waals surface area contributed by atoms with Gasteiger partial charge in [-0.1, -0.05) is 32.9 Å². The highest BCUT2D eigenvalue weighted by molar-refractivity contribution is 5.89. The van der Waals surface area contributed by atoms with Crippen LogP contribution in [0.1, 0.15) is 36.7 Å². The molecule has 0 aliphatic heterocycles. The van der Waals surface area contributed by atoms with E-state index >= 15 is 0 Å². The minimum absolute atomic E-state index is 0.0442. The van der Waals surface area contributed by atoms with Crippen LogP contribution < -0.4 is 0 Å². The summed E-state index contributed by atoms with van der Waals surface area (Å²) in [6, 6.07) is 7.01. The first-order chi connectivity index (χ1) is 6.95. The van der Waals surface area contributed by atoms with Crippen molar-refractivity contribution in [3.05, 3.63) is 35.4 Å².